The number of ether oxygens (including phenoxy) is 2. The summed E-state index contributed by atoms with van der Waals surface area (Å²) in [5.41, 5.74) is 2.51. The number of hydrogen-bond acceptors (Lipinski definition) is 4. The molecule has 0 spiro atoms. The van der Waals surface area contributed by atoms with Crippen molar-refractivity contribution in [3.63, 3.8) is 0 Å². The Kier molecular flexibility index (Phi) is 3.85. The van der Waals surface area contributed by atoms with Crippen molar-refractivity contribution >= 4 is 23.3 Å². The van der Waals surface area contributed by atoms with Crippen molar-refractivity contribution < 1.29 is 19.1 Å². The molecule has 2 aromatic rings. The van der Waals surface area contributed by atoms with Crippen LogP contribution in [0.1, 0.15) is 22.8 Å². The van der Waals surface area contributed by atoms with Gasteiger partial charge in [0.05, 0.1) is 12.8 Å². The van der Waals surface area contributed by atoms with Gasteiger partial charge in [0, 0.05) is 23.7 Å². The fraction of sp³-hybridized carbons (Fsp3) is 0.111. The molecule has 0 radical (unpaired) electrons. The third-order valence-electron chi connectivity index (χ3n) is 3.54. The minimum atomic E-state index is -0.441. The fourth-order valence-corrected chi connectivity index (χ4v) is 2.49. The predicted molar refractivity (Wildman–Crippen MR) is 86.0 cm³/mol. The lowest BCUT2D eigenvalue weighted by atomic mass is 10.1. The third kappa shape index (κ3) is 2.68. The Morgan fingerprint density at radius 1 is 1.04 bits per heavy atom. The zero-order valence-corrected chi connectivity index (χ0v) is 12.8. The molecule has 5 heteroatoms. The van der Waals surface area contributed by atoms with E-state index in [0.717, 1.165) is 5.56 Å². The van der Waals surface area contributed by atoms with Crippen molar-refractivity contribution in [2.75, 3.05) is 12.0 Å². The summed E-state index contributed by atoms with van der Waals surface area (Å²) in [5.74, 6) is 0.0941. The van der Waals surface area contributed by atoms with Gasteiger partial charge >= 0.3 is 5.97 Å². The van der Waals surface area contributed by atoms with E-state index in [1.165, 1.54) is 18.1 Å². The maximum Gasteiger partial charge on any atom is 0.307 e. The number of esters is 1. The molecule has 0 unspecified atom stereocenters. The molecule has 0 bridgehead atoms. The van der Waals surface area contributed by atoms with Crippen molar-refractivity contribution in [1.82, 2.24) is 0 Å². The molecule has 0 atom stereocenters. The van der Waals surface area contributed by atoms with Crippen LogP contribution < -0.4 is 9.64 Å². The van der Waals surface area contributed by atoms with Crippen molar-refractivity contribution in [2.24, 2.45) is 0 Å². The van der Waals surface area contributed by atoms with E-state index in [9.17, 15) is 9.59 Å². The first-order valence-electron chi connectivity index (χ1n) is 7.07. The Morgan fingerprint density at radius 2 is 1.70 bits per heavy atom. The molecule has 1 amide bonds. The molecular weight excluding hydrogens is 294 g/mol. The lowest BCUT2D eigenvalue weighted by molar-refractivity contribution is -0.135. The van der Waals surface area contributed by atoms with Crippen LogP contribution in [0.3, 0.4) is 0 Å². The van der Waals surface area contributed by atoms with Gasteiger partial charge in [0.2, 0.25) is 0 Å². The quantitative estimate of drug-likeness (QED) is 0.645. The number of carbonyl (C=O) groups is 2. The van der Waals surface area contributed by atoms with E-state index in [1.54, 1.807) is 43.5 Å². The average Bonchev–Trinajstić information content (AvgIpc) is 2.86. The molecule has 1 aliphatic rings. The van der Waals surface area contributed by atoms with Gasteiger partial charge in [-0.15, -0.1) is 0 Å². The minimum absolute atomic E-state index is 0.163. The van der Waals surface area contributed by atoms with Gasteiger partial charge in [-0.1, -0.05) is 18.2 Å². The molecule has 116 valence electrons. The smallest absolute Gasteiger partial charge is 0.307 e. The SMILES string of the molecule is COc1ccc(N2C(=O)c3ccccc3/C2=C\OC(C)=O)cc1. The number of fused-ring (bicyclic) bond motifs is 1. The van der Waals surface area contributed by atoms with Gasteiger partial charge in [-0.3, -0.25) is 14.5 Å². The number of nitrogens with zero attached hydrogens (tertiary/aromatic N) is 1. The van der Waals surface area contributed by atoms with Crippen molar-refractivity contribution in [2.45, 2.75) is 6.92 Å². The predicted octanol–water partition coefficient (Wildman–Crippen LogP) is 3.22. The summed E-state index contributed by atoms with van der Waals surface area (Å²) in [5, 5.41) is 0. The van der Waals surface area contributed by atoms with Gasteiger partial charge in [0.25, 0.3) is 5.91 Å². The number of amides is 1. The van der Waals surface area contributed by atoms with E-state index in [2.05, 4.69) is 0 Å². The van der Waals surface area contributed by atoms with Gasteiger partial charge in [0.15, 0.2) is 0 Å². The van der Waals surface area contributed by atoms with Crippen LogP contribution in [-0.4, -0.2) is 19.0 Å². The molecule has 0 saturated carbocycles. The molecule has 0 fully saturated rings. The van der Waals surface area contributed by atoms with Gasteiger partial charge in [-0.05, 0) is 30.3 Å². The molecule has 0 saturated heterocycles. The third-order valence-corrected chi connectivity index (χ3v) is 3.54. The van der Waals surface area contributed by atoms with E-state index in [0.29, 0.717) is 22.7 Å². The number of methoxy groups -OCH3 is 1. The van der Waals surface area contributed by atoms with Crippen LogP contribution >= 0.6 is 0 Å². The summed E-state index contributed by atoms with van der Waals surface area (Å²) in [4.78, 5) is 25.4. The Morgan fingerprint density at radius 3 is 2.30 bits per heavy atom. The zero-order valence-electron chi connectivity index (χ0n) is 12.8. The molecule has 23 heavy (non-hydrogen) atoms. The number of benzene rings is 2. The van der Waals surface area contributed by atoms with Crippen molar-refractivity contribution in [3.8, 4) is 5.75 Å². The van der Waals surface area contributed by atoms with E-state index in [1.807, 2.05) is 12.1 Å². The molecule has 0 aromatic heterocycles. The number of carbonyl (C=O) groups excluding carboxylic acids is 2. The van der Waals surface area contributed by atoms with Gasteiger partial charge < -0.3 is 9.47 Å². The van der Waals surface area contributed by atoms with Crippen LogP contribution in [0.2, 0.25) is 0 Å². The van der Waals surface area contributed by atoms with Crippen LogP contribution in [0.4, 0.5) is 5.69 Å². The molecule has 2 aromatic carbocycles. The first-order valence-corrected chi connectivity index (χ1v) is 7.07. The summed E-state index contributed by atoms with van der Waals surface area (Å²) in [6.45, 7) is 1.32. The molecule has 0 aliphatic carbocycles. The highest BCUT2D eigenvalue weighted by Crippen LogP contribution is 2.37. The van der Waals surface area contributed by atoms with Crippen LogP contribution in [0.15, 0.2) is 54.8 Å². The summed E-state index contributed by atoms with van der Waals surface area (Å²) in [7, 11) is 1.58. The minimum Gasteiger partial charge on any atom is -0.497 e. The normalized spacial score (nSPS) is 14.8. The molecule has 0 N–H and O–H groups in total. The lowest BCUT2D eigenvalue weighted by Crippen LogP contribution is -2.22. The number of anilines is 1. The average molecular weight is 309 g/mol. The zero-order chi connectivity index (χ0) is 16.4. The summed E-state index contributed by atoms with van der Waals surface area (Å²) >= 11 is 0. The maximum absolute atomic E-state index is 12.7. The van der Waals surface area contributed by atoms with E-state index in [-0.39, 0.29) is 5.91 Å². The largest absolute Gasteiger partial charge is 0.497 e. The second kappa shape index (κ2) is 5.96. The second-order valence-corrected chi connectivity index (χ2v) is 5.00. The van der Waals surface area contributed by atoms with Crippen LogP contribution in [0, 0.1) is 0 Å². The van der Waals surface area contributed by atoms with Crippen LogP contribution in [-0.2, 0) is 9.53 Å². The topological polar surface area (TPSA) is 55.8 Å². The highest BCUT2D eigenvalue weighted by molar-refractivity contribution is 6.22. The van der Waals surface area contributed by atoms with Crippen LogP contribution in [0.5, 0.6) is 5.75 Å². The van der Waals surface area contributed by atoms with Gasteiger partial charge in [-0.2, -0.15) is 0 Å². The Bertz CT molecular complexity index is 793. The first kappa shape index (κ1) is 14.8. The van der Waals surface area contributed by atoms with Crippen molar-refractivity contribution in [3.05, 3.63) is 65.9 Å². The highest BCUT2D eigenvalue weighted by atomic mass is 16.5. The van der Waals surface area contributed by atoms with E-state index in [4.69, 9.17) is 9.47 Å². The monoisotopic (exact) mass is 309 g/mol. The summed E-state index contributed by atoms with van der Waals surface area (Å²) in [6, 6.07) is 14.3. The lowest BCUT2D eigenvalue weighted by Gasteiger charge is -2.18. The Hall–Kier alpha value is -3.08. The maximum atomic E-state index is 12.7. The molecule has 1 aliphatic heterocycles. The summed E-state index contributed by atoms with van der Waals surface area (Å²) in [6.07, 6.45) is 1.32. The Labute approximate surface area is 133 Å². The number of hydrogen-bond donors (Lipinski definition) is 0. The van der Waals surface area contributed by atoms with Crippen molar-refractivity contribution in [1.29, 1.82) is 0 Å². The molecule has 3 rings (SSSR count). The standard InChI is InChI=1S/C18H15NO4/c1-12(20)23-11-17-15-5-3-4-6-16(15)18(21)19(17)13-7-9-14(22-2)10-8-13/h3-11H,1-2H3/b17-11+. The summed E-state index contributed by atoms with van der Waals surface area (Å²) < 4.78 is 10.1. The van der Waals surface area contributed by atoms with Crippen LogP contribution in [0.25, 0.3) is 5.70 Å². The molecule has 1 heterocycles. The van der Waals surface area contributed by atoms with E-state index < -0.39 is 5.97 Å². The second-order valence-electron chi connectivity index (χ2n) is 5.00. The fourth-order valence-electron chi connectivity index (χ4n) is 2.49. The molecular formula is C18H15NO4. The van der Waals surface area contributed by atoms with Gasteiger partial charge in [-0.25, -0.2) is 0 Å². The first-order chi connectivity index (χ1) is 11.1. The number of rotatable bonds is 3. The highest BCUT2D eigenvalue weighted by Gasteiger charge is 2.33. The van der Waals surface area contributed by atoms with E-state index >= 15 is 0 Å². The Balaban J connectivity index is 2.08. The molecule has 5 nitrogen and oxygen atoms in total. The van der Waals surface area contributed by atoms with Gasteiger partial charge in [0.1, 0.15) is 12.0 Å².